The Bertz CT molecular complexity index is 1040. The molecule has 0 aliphatic rings. The molecule has 2 aromatic heterocycles. The number of halogens is 1. The predicted molar refractivity (Wildman–Crippen MR) is 101 cm³/mol. The zero-order valence-electron chi connectivity index (χ0n) is 15.0. The van der Waals surface area contributed by atoms with Gasteiger partial charge >= 0.3 is 0 Å². The van der Waals surface area contributed by atoms with Crippen LogP contribution in [0.25, 0.3) is 11.1 Å². The second-order valence-electron chi connectivity index (χ2n) is 7.08. The standard InChI is InChI=1S/C18H20ClN3O3S/c1-18(2,3)17-21-14-9-8-13(19)16(15(14)25-17)26(23,24)22(4)11-12-7-5-6-10-20-12/h5-10H,11H2,1-4H3. The van der Waals surface area contributed by atoms with Crippen LogP contribution in [0.5, 0.6) is 0 Å². The van der Waals surface area contributed by atoms with Crippen LogP contribution < -0.4 is 0 Å². The number of benzene rings is 1. The second kappa shape index (κ2) is 6.64. The lowest BCUT2D eigenvalue weighted by Gasteiger charge is -2.17. The minimum atomic E-state index is -3.90. The molecule has 0 bridgehead atoms. The molecule has 3 aromatic rings. The Hall–Kier alpha value is -1.96. The molecular formula is C18H20ClN3O3S. The van der Waals surface area contributed by atoms with Gasteiger partial charge in [-0.1, -0.05) is 38.4 Å². The molecule has 0 spiro atoms. The largest absolute Gasteiger partial charge is 0.439 e. The van der Waals surface area contributed by atoms with Crippen molar-refractivity contribution in [1.29, 1.82) is 0 Å². The fourth-order valence-corrected chi connectivity index (χ4v) is 4.22. The quantitative estimate of drug-likeness (QED) is 0.669. The summed E-state index contributed by atoms with van der Waals surface area (Å²) in [6.07, 6.45) is 1.62. The van der Waals surface area contributed by atoms with E-state index in [1.807, 2.05) is 26.8 Å². The van der Waals surface area contributed by atoms with Crippen molar-refractivity contribution in [3.8, 4) is 0 Å². The molecule has 3 rings (SSSR count). The zero-order valence-corrected chi connectivity index (χ0v) is 16.6. The van der Waals surface area contributed by atoms with Crippen molar-refractivity contribution in [2.24, 2.45) is 0 Å². The van der Waals surface area contributed by atoms with Crippen LogP contribution in [-0.4, -0.2) is 29.7 Å². The number of sulfonamides is 1. The van der Waals surface area contributed by atoms with Gasteiger partial charge in [0, 0.05) is 18.7 Å². The third kappa shape index (κ3) is 3.47. The SMILES string of the molecule is CN(Cc1ccccn1)S(=O)(=O)c1c(Cl)ccc2nc(C(C)(C)C)oc12. The van der Waals surface area contributed by atoms with E-state index >= 15 is 0 Å². The topological polar surface area (TPSA) is 76.3 Å². The summed E-state index contributed by atoms with van der Waals surface area (Å²) in [4.78, 5) is 8.52. The van der Waals surface area contributed by atoms with E-state index in [1.165, 1.54) is 17.4 Å². The molecule has 0 amide bonds. The minimum Gasteiger partial charge on any atom is -0.439 e. The second-order valence-corrected chi connectivity index (χ2v) is 9.46. The highest BCUT2D eigenvalue weighted by atomic mass is 35.5. The van der Waals surface area contributed by atoms with Crippen LogP contribution in [0.15, 0.2) is 45.8 Å². The first-order valence-electron chi connectivity index (χ1n) is 8.06. The smallest absolute Gasteiger partial charge is 0.248 e. The average Bonchev–Trinajstić information content (AvgIpc) is 2.99. The summed E-state index contributed by atoms with van der Waals surface area (Å²) in [5.41, 5.74) is 0.918. The zero-order chi connectivity index (χ0) is 19.1. The van der Waals surface area contributed by atoms with Gasteiger partial charge in [-0.15, -0.1) is 0 Å². The summed E-state index contributed by atoms with van der Waals surface area (Å²) in [6, 6.07) is 8.54. The maximum Gasteiger partial charge on any atom is 0.248 e. The number of nitrogens with zero attached hydrogens (tertiary/aromatic N) is 3. The van der Waals surface area contributed by atoms with Crippen LogP contribution in [0.3, 0.4) is 0 Å². The first kappa shape index (κ1) is 18.8. The first-order valence-corrected chi connectivity index (χ1v) is 9.88. The molecule has 0 aliphatic heterocycles. The average molecular weight is 394 g/mol. The monoisotopic (exact) mass is 393 g/mol. The molecule has 0 saturated carbocycles. The van der Waals surface area contributed by atoms with Crippen LogP contribution in [0, 0.1) is 0 Å². The Morgan fingerprint density at radius 2 is 1.92 bits per heavy atom. The number of rotatable bonds is 4. The molecule has 2 heterocycles. The summed E-state index contributed by atoms with van der Waals surface area (Å²) in [7, 11) is -2.41. The first-order chi connectivity index (χ1) is 12.1. The van der Waals surface area contributed by atoms with E-state index in [0.717, 1.165) is 0 Å². The van der Waals surface area contributed by atoms with Gasteiger partial charge in [-0.25, -0.2) is 13.4 Å². The summed E-state index contributed by atoms with van der Waals surface area (Å²) in [5.74, 6) is 0.457. The Kier molecular flexibility index (Phi) is 4.81. The highest BCUT2D eigenvalue weighted by Crippen LogP contribution is 2.35. The number of aromatic nitrogens is 2. The van der Waals surface area contributed by atoms with Gasteiger partial charge in [0.1, 0.15) is 10.4 Å². The molecule has 0 radical (unpaired) electrons. The van der Waals surface area contributed by atoms with Crippen LogP contribution in [0.2, 0.25) is 5.02 Å². The van der Waals surface area contributed by atoms with E-state index in [4.69, 9.17) is 16.0 Å². The van der Waals surface area contributed by atoms with Gasteiger partial charge in [0.05, 0.1) is 17.3 Å². The molecule has 0 atom stereocenters. The molecule has 0 aliphatic carbocycles. The number of oxazole rings is 1. The molecule has 138 valence electrons. The van der Waals surface area contributed by atoms with Gasteiger partial charge < -0.3 is 4.42 Å². The fourth-order valence-electron chi connectivity index (χ4n) is 2.47. The maximum absolute atomic E-state index is 13.2. The van der Waals surface area contributed by atoms with Gasteiger partial charge in [0.15, 0.2) is 5.58 Å². The van der Waals surface area contributed by atoms with E-state index < -0.39 is 10.0 Å². The third-order valence-corrected chi connectivity index (χ3v) is 6.18. The van der Waals surface area contributed by atoms with Crippen LogP contribution in [0.1, 0.15) is 32.4 Å². The summed E-state index contributed by atoms with van der Waals surface area (Å²) in [5, 5.41) is 0.0991. The normalized spacial score (nSPS) is 12.8. The summed E-state index contributed by atoms with van der Waals surface area (Å²) in [6.45, 7) is 5.96. The molecule has 0 saturated heterocycles. The molecule has 0 fully saturated rings. The summed E-state index contributed by atoms with van der Waals surface area (Å²) >= 11 is 6.25. The lowest BCUT2D eigenvalue weighted by atomic mass is 9.97. The molecule has 0 N–H and O–H groups in total. The van der Waals surface area contributed by atoms with E-state index in [0.29, 0.717) is 17.1 Å². The van der Waals surface area contributed by atoms with E-state index in [2.05, 4.69) is 9.97 Å². The van der Waals surface area contributed by atoms with Gasteiger partial charge in [-0.2, -0.15) is 4.31 Å². The van der Waals surface area contributed by atoms with Crippen molar-refractivity contribution >= 4 is 32.7 Å². The molecule has 8 heteroatoms. The number of pyridine rings is 1. The van der Waals surface area contributed by atoms with Crippen molar-refractivity contribution in [1.82, 2.24) is 14.3 Å². The van der Waals surface area contributed by atoms with E-state index in [9.17, 15) is 8.42 Å². The van der Waals surface area contributed by atoms with Crippen molar-refractivity contribution < 1.29 is 12.8 Å². The predicted octanol–water partition coefficient (Wildman–Crippen LogP) is 3.99. The van der Waals surface area contributed by atoms with E-state index in [1.54, 1.807) is 24.4 Å². The van der Waals surface area contributed by atoms with Crippen molar-refractivity contribution in [3.05, 3.63) is 53.1 Å². The third-order valence-electron chi connectivity index (χ3n) is 3.88. The van der Waals surface area contributed by atoms with Crippen LogP contribution >= 0.6 is 11.6 Å². The van der Waals surface area contributed by atoms with Gasteiger partial charge in [0.2, 0.25) is 15.9 Å². The highest BCUT2D eigenvalue weighted by molar-refractivity contribution is 7.89. The van der Waals surface area contributed by atoms with Crippen LogP contribution in [0.4, 0.5) is 0 Å². The molecular weight excluding hydrogens is 374 g/mol. The van der Waals surface area contributed by atoms with Gasteiger partial charge in [-0.05, 0) is 24.3 Å². The molecule has 1 aromatic carbocycles. The highest BCUT2D eigenvalue weighted by Gasteiger charge is 2.31. The fraction of sp³-hybridized carbons (Fsp3) is 0.333. The Balaban J connectivity index is 2.10. The van der Waals surface area contributed by atoms with Crippen LogP contribution in [-0.2, 0) is 22.0 Å². The molecule has 0 unspecified atom stereocenters. The summed E-state index contributed by atoms with van der Waals surface area (Å²) < 4.78 is 33.3. The maximum atomic E-state index is 13.2. The van der Waals surface area contributed by atoms with Crippen molar-refractivity contribution in [3.63, 3.8) is 0 Å². The van der Waals surface area contributed by atoms with Crippen molar-refractivity contribution in [2.45, 2.75) is 37.6 Å². The van der Waals surface area contributed by atoms with Gasteiger partial charge in [-0.3, -0.25) is 4.98 Å². The number of fused-ring (bicyclic) bond motifs is 1. The Labute approximate surface area is 157 Å². The molecule has 26 heavy (non-hydrogen) atoms. The lowest BCUT2D eigenvalue weighted by molar-refractivity contribution is 0.407. The van der Waals surface area contributed by atoms with Crippen molar-refractivity contribution in [2.75, 3.05) is 7.05 Å². The van der Waals surface area contributed by atoms with Gasteiger partial charge in [0.25, 0.3) is 0 Å². The minimum absolute atomic E-state index is 0.0712. The Morgan fingerprint density at radius 3 is 2.54 bits per heavy atom. The number of hydrogen-bond acceptors (Lipinski definition) is 5. The molecule has 6 nitrogen and oxygen atoms in total. The Morgan fingerprint density at radius 1 is 1.19 bits per heavy atom. The lowest BCUT2D eigenvalue weighted by Crippen LogP contribution is -2.27. The van der Waals surface area contributed by atoms with E-state index in [-0.39, 0.29) is 27.5 Å². The number of hydrogen-bond donors (Lipinski definition) is 0.